The van der Waals surface area contributed by atoms with Gasteiger partial charge < -0.3 is 15.4 Å². The molecule has 0 aromatic heterocycles. The Hall–Kier alpha value is -1.06. The fourth-order valence-electron chi connectivity index (χ4n) is 2.78. The van der Waals surface area contributed by atoms with Crippen molar-refractivity contribution in [3.63, 3.8) is 0 Å². The minimum Gasteiger partial charge on any atom is -0.496 e. The summed E-state index contributed by atoms with van der Waals surface area (Å²) in [7, 11) is 1.74. The minimum absolute atomic E-state index is 0.695. The monoisotopic (exact) mass is 262 g/mol. The molecule has 1 aliphatic rings. The van der Waals surface area contributed by atoms with Gasteiger partial charge in [0.25, 0.3) is 0 Å². The van der Waals surface area contributed by atoms with Gasteiger partial charge in [0.1, 0.15) is 5.75 Å². The van der Waals surface area contributed by atoms with Crippen LogP contribution in [0.1, 0.15) is 29.5 Å². The van der Waals surface area contributed by atoms with Crippen molar-refractivity contribution in [3.8, 4) is 5.75 Å². The SMILES string of the molecule is COc1ccc(CCNC2CCNCC2)c(C)c1C. The van der Waals surface area contributed by atoms with Gasteiger partial charge in [-0.1, -0.05) is 6.07 Å². The Morgan fingerprint density at radius 1 is 1.21 bits per heavy atom. The fourth-order valence-corrected chi connectivity index (χ4v) is 2.78. The smallest absolute Gasteiger partial charge is 0.122 e. The maximum Gasteiger partial charge on any atom is 0.122 e. The van der Waals surface area contributed by atoms with Gasteiger partial charge in [0.15, 0.2) is 0 Å². The van der Waals surface area contributed by atoms with Crippen molar-refractivity contribution in [2.24, 2.45) is 0 Å². The normalized spacial score (nSPS) is 16.6. The van der Waals surface area contributed by atoms with Crippen molar-refractivity contribution >= 4 is 0 Å². The van der Waals surface area contributed by atoms with E-state index in [1.807, 2.05) is 0 Å². The number of piperidine rings is 1. The van der Waals surface area contributed by atoms with Crippen LogP contribution >= 0.6 is 0 Å². The molecule has 2 N–H and O–H groups in total. The van der Waals surface area contributed by atoms with Crippen LogP contribution < -0.4 is 15.4 Å². The molecule has 1 aromatic carbocycles. The molecule has 0 bridgehead atoms. The molecular weight excluding hydrogens is 236 g/mol. The molecule has 1 heterocycles. The van der Waals surface area contributed by atoms with Crippen LogP contribution in [-0.2, 0) is 6.42 Å². The van der Waals surface area contributed by atoms with E-state index in [1.165, 1.54) is 29.5 Å². The van der Waals surface area contributed by atoms with Gasteiger partial charge in [0.05, 0.1) is 7.11 Å². The summed E-state index contributed by atoms with van der Waals surface area (Å²) in [5.74, 6) is 0.993. The highest BCUT2D eigenvalue weighted by Gasteiger charge is 2.12. The molecule has 3 nitrogen and oxygen atoms in total. The van der Waals surface area contributed by atoms with Gasteiger partial charge in [0, 0.05) is 6.04 Å². The lowest BCUT2D eigenvalue weighted by Gasteiger charge is -2.24. The van der Waals surface area contributed by atoms with E-state index in [9.17, 15) is 0 Å². The largest absolute Gasteiger partial charge is 0.496 e. The standard InChI is InChI=1S/C16H26N2O/c1-12-13(2)16(19-3)5-4-14(12)6-11-18-15-7-9-17-10-8-15/h4-5,15,17-18H,6-11H2,1-3H3. The van der Waals surface area contributed by atoms with E-state index >= 15 is 0 Å². The van der Waals surface area contributed by atoms with E-state index in [1.54, 1.807) is 7.11 Å². The van der Waals surface area contributed by atoms with E-state index in [0.717, 1.165) is 31.8 Å². The lowest BCUT2D eigenvalue weighted by atomic mass is 9.99. The Balaban J connectivity index is 1.87. The third kappa shape index (κ3) is 3.71. The molecule has 2 rings (SSSR count). The van der Waals surface area contributed by atoms with Crippen LogP contribution in [0.4, 0.5) is 0 Å². The van der Waals surface area contributed by atoms with Crippen LogP contribution in [0, 0.1) is 13.8 Å². The summed E-state index contributed by atoms with van der Waals surface area (Å²) in [6.07, 6.45) is 3.60. The lowest BCUT2D eigenvalue weighted by molar-refractivity contribution is 0.389. The summed E-state index contributed by atoms with van der Waals surface area (Å²) in [5.41, 5.74) is 4.06. The molecule has 106 valence electrons. The third-order valence-electron chi connectivity index (χ3n) is 4.24. The minimum atomic E-state index is 0.695. The van der Waals surface area contributed by atoms with Crippen molar-refractivity contribution in [1.82, 2.24) is 10.6 Å². The number of rotatable bonds is 5. The maximum absolute atomic E-state index is 5.36. The summed E-state index contributed by atoms with van der Waals surface area (Å²) < 4.78 is 5.36. The first-order valence-electron chi connectivity index (χ1n) is 7.29. The van der Waals surface area contributed by atoms with E-state index in [4.69, 9.17) is 4.74 Å². The average Bonchev–Trinajstić information content (AvgIpc) is 2.45. The fraction of sp³-hybridized carbons (Fsp3) is 0.625. The van der Waals surface area contributed by atoms with Crippen LogP contribution in [0.3, 0.4) is 0 Å². The van der Waals surface area contributed by atoms with Crippen molar-refractivity contribution in [2.75, 3.05) is 26.7 Å². The highest BCUT2D eigenvalue weighted by atomic mass is 16.5. The second-order valence-corrected chi connectivity index (χ2v) is 5.41. The first kappa shape index (κ1) is 14.4. The van der Waals surface area contributed by atoms with E-state index < -0.39 is 0 Å². The van der Waals surface area contributed by atoms with Crippen LogP contribution in [0.2, 0.25) is 0 Å². The number of methoxy groups -OCH3 is 1. The van der Waals surface area contributed by atoms with Crippen LogP contribution in [0.25, 0.3) is 0 Å². The third-order valence-corrected chi connectivity index (χ3v) is 4.24. The van der Waals surface area contributed by atoms with E-state index in [2.05, 4.69) is 36.6 Å². The highest BCUT2D eigenvalue weighted by Crippen LogP contribution is 2.24. The number of hydrogen-bond donors (Lipinski definition) is 2. The van der Waals surface area contributed by atoms with Gasteiger partial charge in [-0.05, 0) is 75.5 Å². The predicted octanol–water partition coefficient (Wildman–Crippen LogP) is 2.20. The summed E-state index contributed by atoms with van der Waals surface area (Å²) in [4.78, 5) is 0. The molecule has 0 atom stereocenters. The molecule has 0 radical (unpaired) electrons. The van der Waals surface area contributed by atoms with Gasteiger partial charge in [-0.2, -0.15) is 0 Å². The Morgan fingerprint density at radius 2 is 1.95 bits per heavy atom. The first-order chi connectivity index (χ1) is 9.22. The summed E-state index contributed by atoms with van der Waals surface area (Å²) >= 11 is 0. The summed E-state index contributed by atoms with van der Waals surface area (Å²) in [5, 5.41) is 7.07. The van der Waals surface area contributed by atoms with Crippen LogP contribution in [-0.4, -0.2) is 32.8 Å². The number of benzene rings is 1. The van der Waals surface area contributed by atoms with Crippen molar-refractivity contribution < 1.29 is 4.74 Å². The Labute approximate surface area is 116 Å². The van der Waals surface area contributed by atoms with Crippen molar-refractivity contribution in [2.45, 2.75) is 39.2 Å². The zero-order valence-corrected chi connectivity index (χ0v) is 12.4. The van der Waals surface area contributed by atoms with Gasteiger partial charge in [-0.3, -0.25) is 0 Å². The molecule has 19 heavy (non-hydrogen) atoms. The zero-order chi connectivity index (χ0) is 13.7. The Kier molecular flexibility index (Phi) is 5.23. The quantitative estimate of drug-likeness (QED) is 0.853. The predicted molar refractivity (Wildman–Crippen MR) is 80.1 cm³/mol. The van der Waals surface area contributed by atoms with Crippen molar-refractivity contribution in [1.29, 1.82) is 0 Å². The lowest BCUT2D eigenvalue weighted by Crippen LogP contribution is -2.40. The molecule has 3 heteroatoms. The molecule has 0 amide bonds. The van der Waals surface area contributed by atoms with Gasteiger partial charge in [-0.15, -0.1) is 0 Å². The second-order valence-electron chi connectivity index (χ2n) is 5.41. The molecule has 0 saturated carbocycles. The maximum atomic E-state index is 5.36. The number of nitrogens with one attached hydrogen (secondary N) is 2. The molecule has 0 aliphatic carbocycles. The molecule has 1 aliphatic heterocycles. The number of ether oxygens (including phenoxy) is 1. The molecule has 1 aromatic rings. The Morgan fingerprint density at radius 3 is 2.63 bits per heavy atom. The molecule has 0 spiro atoms. The molecular formula is C16H26N2O. The second kappa shape index (κ2) is 6.92. The molecule has 1 fully saturated rings. The molecule has 0 unspecified atom stereocenters. The van der Waals surface area contributed by atoms with E-state index in [0.29, 0.717) is 6.04 Å². The highest BCUT2D eigenvalue weighted by molar-refractivity contribution is 5.43. The zero-order valence-electron chi connectivity index (χ0n) is 12.4. The van der Waals surface area contributed by atoms with E-state index in [-0.39, 0.29) is 0 Å². The summed E-state index contributed by atoms with van der Waals surface area (Å²) in [6, 6.07) is 4.98. The topological polar surface area (TPSA) is 33.3 Å². The van der Waals surface area contributed by atoms with Gasteiger partial charge in [-0.25, -0.2) is 0 Å². The van der Waals surface area contributed by atoms with Crippen molar-refractivity contribution in [3.05, 3.63) is 28.8 Å². The van der Waals surface area contributed by atoms with Gasteiger partial charge in [0.2, 0.25) is 0 Å². The first-order valence-corrected chi connectivity index (χ1v) is 7.29. The van der Waals surface area contributed by atoms with Gasteiger partial charge >= 0.3 is 0 Å². The van der Waals surface area contributed by atoms with Crippen LogP contribution in [0.15, 0.2) is 12.1 Å². The Bertz CT molecular complexity index is 411. The summed E-state index contributed by atoms with van der Waals surface area (Å²) in [6.45, 7) is 7.70. The number of hydrogen-bond acceptors (Lipinski definition) is 3. The van der Waals surface area contributed by atoms with Crippen LogP contribution in [0.5, 0.6) is 5.75 Å². The average molecular weight is 262 g/mol. The molecule has 1 saturated heterocycles.